The molecule has 4 N–H and O–H groups in total. The fourth-order valence-corrected chi connectivity index (χ4v) is 3.58. The number of aromatic nitrogens is 6. The number of hydrogen-bond donors (Lipinski definition) is 3. The van der Waals surface area contributed by atoms with Crippen LogP contribution in [0.5, 0.6) is 0 Å². The number of aromatic amines is 1. The van der Waals surface area contributed by atoms with E-state index in [-0.39, 0.29) is 5.95 Å². The fraction of sp³-hybridized carbons (Fsp3) is 0.143. The predicted molar refractivity (Wildman–Crippen MR) is 114 cm³/mol. The molecule has 5 aromatic rings. The Morgan fingerprint density at radius 2 is 1.93 bits per heavy atom. The summed E-state index contributed by atoms with van der Waals surface area (Å²) in [5.41, 5.74) is 10.8. The molecule has 0 atom stereocenters. The first-order valence-electron chi connectivity index (χ1n) is 9.40. The van der Waals surface area contributed by atoms with Crippen molar-refractivity contribution in [1.29, 1.82) is 0 Å². The molecule has 8 nitrogen and oxygen atoms in total. The van der Waals surface area contributed by atoms with Crippen LogP contribution in [-0.2, 0) is 13.5 Å². The van der Waals surface area contributed by atoms with Crippen LogP contribution >= 0.6 is 0 Å². The van der Waals surface area contributed by atoms with Gasteiger partial charge < -0.3 is 15.6 Å². The molecule has 0 radical (unpaired) electrons. The minimum Gasteiger partial charge on any atom is -0.369 e. The van der Waals surface area contributed by atoms with E-state index in [2.05, 4.69) is 36.1 Å². The number of nitrogens with one attached hydrogen (secondary N) is 2. The van der Waals surface area contributed by atoms with E-state index in [1.54, 1.807) is 6.20 Å². The van der Waals surface area contributed by atoms with Gasteiger partial charge in [0.2, 0.25) is 5.95 Å². The van der Waals surface area contributed by atoms with E-state index in [4.69, 9.17) is 10.7 Å². The molecule has 0 spiro atoms. The van der Waals surface area contributed by atoms with Crippen molar-refractivity contribution in [2.75, 3.05) is 17.6 Å². The summed E-state index contributed by atoms with van der Waals surface area (Å²) < 4.78 is 2.13. The molecule has 5 rings (SSSR count). The summed E-state index contributed by atoms with van der Waals surface area (Å²) >= 11 is 0. The Balaban J connectivity index is 1.40. The van der Waals surface area contributed by atoms with Gasteiger partial charge in [0.15, 0.2) is 0 Å². The summed E-state index contributed by atoms with van der Waals surface area (Å²) in [4.78, 5) is 13.5. The largest absolute Gasteiger partial charge is 0.369 e. The molecule has 0 aliphatic heterocycles. The highest BCUT2D eigenvalue weighted by Gasteiger charge is 2.10. The summed E-state index contributed by atoms with van der Waals surface area (Å²) in [7, 11) is 2.04. The lowest BCUT2D eigenvalue weighted by atomic mass is 10.1. The van der Waals surface area contributed by atoms with Crippen LogP contribution in [0.15, 0.2) is 54.7 Å². The summed E-state index contributed by atoms with van der Waals surface area (Å²) in [5, 5.41) is 11.3. The molecular formula is C21H20N8. The summed E-state index contributed by atoms with van der Waals surface area (Å²) in [6, 6.07) is 16.1. The Morgan fingerprint density at radius 1 is 1.03 bits per heavy atom. The van der Waals surface area contributed by atoms with E-state index in [1.807, 2.05) is 49.5 Å². The SMILES string of the molecule is Cn1c(CCNc2nc(N)nc3cc(-c4ccn[nH]4)ccc23)nc2ccccc21. The van der Waals surface area contributed by atoms with Crippen LogP contribution in [0.3, 0.4) is 0 Å². The third-order valence-electron chi connectivity index (χ3n) is 5.05. The van der Waals surface area contributed by atoms with Crippen molar-refractivity contribution < 1.29 is 0 Å². The quantitative estimate of drug-likeness (QED) is 0.429. The number of aryl methyl sites for hydroxylation is 1. The van der Waals surface area contributed by atoms with Gasteiger partial charge in [-0.3, -0.25) is 5.10 Å². The molecule has 0 saturated carbocycles. The molecule has 0 unspecified atom stereocenters. The van der Waals surface area contributed by atoms with Crippen LogP contribution in [0.4, 0.5) is 11.8 Å². The van der Waals surface area contributed by atoms with Gasteiger partial charge in [-0.15, -0.1) is 0 Å². The zero-order chi connectivity index (χ0) is 19.8. The zero-order valence-electron chi connectivity index (χ0n) is 15.9. The highest BCUT2D eigenvalue weighted by molar-refractivity contribution is 5.92. The van der Waals surface area contributed by atoms with E-state index in [0.717, 1.165) is 51.3 Å². The van der Waals surface area contributed by atoms with Gasteiger partial charge in [-0.1, -0.05) is 18.2 Å². The molecule has 144 valence electrons. The van der Waals surface area contributed by atoms with Gasteiger partial charge >= 0.3 is 0 Å². The number of nitrogens with two attached hydrogens (primary N) is 1. The Morgan fingerprint density at radius 3 is 2.76 bits per heavy atom. The number of benzene rings is 2. The highest BCUT2D eigenvalue weighted by Crippen LogP contribution is 2.26. The van der Waals surface area contributed by atoms with Crippen molar-refractivity contribution >= 4 is 33.7 Å². The second kappa shape index (κ2) is 6.90. The van der Waals surface area contributed by atoms with Crippen LogP contribution < -0.4 is 11.1 Å². The Kier molecular flexibility index (Phi) is 4.09. The van der Waals surface area contributed by atoms with Crippen LogP contribution in [0, 0.1) is 0 Å². The number of nitrogens with zero attached hydrogens (tertiary/aromatic N) is 5. The molecule has 0 aliphatic carbocycles. The number of hydrogen-bond acceptors (Lipinski definition) is 6. The lowest BCUT2D eigenvalue weighted by Gasteiger charge is -2.10. The number of imidazole rings is 1. The first kappa shape index (κ1) is 17.2. The molecule has 0 saturated heterocycles. The third kappa shape index (κ3) is 3.14. The van der Waals surface area contributed by atoms with E-state index >= 15 is 0 Å². The number of fused-ring (bicyclic) bond motifs is 2. The van der Waals surface area contributed by atoms with Crippen molar-refractivity contribution in [1.82, 2.24) is 29.7 Å². The Bertz CT molecular complexity index is 1300. The standard InChI is InChI=1S/C21H20N8/c1-29-18-5-3-2-4-16(18)25-19(29)9-10-23-20-14-7-6-13(15-8-11-24-28-15)12-17(14)26-21(22)27-20/h2-8,11-12H,9-10H2,1H3,(H,24,28)(H3,22,23,26,27). The number of anilines is 2. The summed E-state index contributed by atoms with van der Waals surface area (Å²) in [5.74, 6) is 1.98. The normalized spacial score (nSPS) is 11.3. The second-order valence-corrected chi connectivity index (χ2v) is 6.89. The van der Waals surface area contributed by atoms with E-state index < -0.39 is 0 Å². The van der Waals surface area contributed by atoms with Gasteiger partial charge in [-0.25, -0.2) is 9.97 Å². The minimum absolute atomic E-state index is 0.240. The zero-order valence-corrected chi connectivity index (χ0v) is 15.9. The minimum atomic E-state index is 0.240. The number of H-pyrrole nitrogens is 1. The number of nitrogen functional groups attached to an aromatic ring is 1. The molecule has 0 amide bonds. The van der Waals surface area contributed by atoms with Gasteiger partial charge in [-0.2, -0.15) is 10.1 Å². The molecule has 0 aliphatic rings. The maximum absolute atomic E-state index is 5.95. The van der Waals surface area contributed by atoms with Crippen molar-refractivity contribution in [2.24, 2.45) is 7.05 Å². The highest BCUT2D eigenvalue weighted by atomic mass is 15.1. The maximum atomic E-state index is 5.95. The van der Waals surface area contributed by atoms with Crippen LogP contribution in [-0.4, -0.2) is 36.3 Å². The molecule has 8 heteroatoms. The molecule has 0 bridgehead atoms. The Labute approximate surface area is 166 Å². The van der Waals surface area contributed by atoms with E-state index in [1.165, 1.54) is 0 Å². The fourth-order valence-electron chi connectivity index (χ4n) is 3.58. The monoisotopic (exact) mass is 384 g/mol. The number of rotatable bonds is 5. The average molecular weight is 384 g/mol. The molecule has 2 aromatic carbocycles. The third-order valence-corrected chi connectivity index (χ3v) is 5.05. The van der Waals surface area contributed by atoms with Crippen LogP contribution in [0.25, 0.3) is 33.2 Å². The lowest BCUT2D eigenvalue weighted by Crippen LogP contribution is -2.11. The van der Waals surface area contributed by atoms with Crippen molar-refractivity contribution in [3.8, 4) is 11.3 Å². The van der Waals surface area contributed by atoms with Gasteiger partial charge in [0, 0.05) is 37.2 Å². The van der Waals surface area contributed by atoms with Crippen molar-refractivity contribution in [2.45, 2.75) is 6.42 Å². The van der Waals surface area contributed by atoms with Crippen molar-refractivity contribution in [3.05, 3.63) is 60.6 Å². The van der Waals surface area contributed by atoms with Gasteiger partial charge in [0.05, 0.1) is 22.2 Å². The maximum Gasteiger partial charge on any atom is 0.222 e. The molecule has 29 heavy (non-hydrogen) atoms. The molecule has 3 aromatic heterocycles. The Hall–Kier alpha value is -3.94. The van der Waals surface area contributed by atoms with Crippen LogP contribution in [0.2, 0.25) is 0 Å². The first-order valence-corrected chi connectivity index (χ1v) is 9.40. The van der Waals surface area contributed by atoms with Gasteiger partial charge in [0.25, 0.3) is 0 Å². The topological polar surface area (TPSA) is 110 Å². The predicted octanol–water partition coefficient (Wildman–Crippen LogP) is 3.14. The first-order chi connectivity index (χ1) is 14.2. The average Bonchev–Trinajstić information content (AvgIpc) is 3.37. The van der Waals surface area contributed by atoms with Gasteiger partial charge in [0.1, 0.15) is 11.6 Å². The van der Waals surface area contributed by atoms with Gasteiger partial charge in [-0.05, 0) is 30.3 Å². The van der Waals surface area contributed by atoms with E-state index in [9.17, 15) is 0 Å². The molecule has 3 heterocycles. The van der Waals surface area contributed by atoms with Crippen molar-refractivity contribution in [3.63, 3.8) is 0 Å². The van der Waals surface area contributed by atoms with E-state index in [0.29, 0.717) is 6.54 Å². The summed E-state index contributed by atoms with van der Waals surface area (Å²) in [6.45, 7) is 0.686. The molecule has 0 fully saturated rings. The second-order valence-electron chi connectivity index (χ2n) is 6.89. The smallest absolute Gasteiger partial charge is 0.222 e. The summed E-state index contributed by atoms with van der Waals surface area (Å²) in [6.07, 6.45) is 2.49. The lowest BCUT2D eigenvalue weighted by molar-refractivity contribution is 0.806. The van der Waals surface area contributed by atoms with Crippen LogP contribution in [0.1, 0.15) is 5.82 Å². The molecular weight excluding hydrogens is 364 g/mol. The number of para-hydroxylation sites is 2.